The number of nitrogens with zero attached hydrogens (tertiary/aromatic N) is 1. The number of alkyl halides is 1. The third-order valence-corrected chi connectivity index (χ3v) is 7.92. The second kappa shape index (κ2) is 18.7. The monoisotopic (exact) mass is 604 g/mol. The number of anilines is 1. The Labute approximate surface area is 254 Å². The zero-order chi connectivity index (χ0) is 30.2. The molecule has 0 radical (unpaired) electrons. The number of ether oxygens (including phenoxy) is 2. The second-order valence-corrected chi connectivity index (χ2v) is 11.2. The fourth-order valence-electron chi connectivity index (χ4n) is 4.82. The van der Waals surface area contributed by atoms with E-state index in [9.17, 15) is 14.4 Å². The fourth-order valence-corrected chi connectivity index (χ4v) is 5.63. The fraction of sp³-hybridized carbons (Fsp3) is 0.531. The first kappa shape index (κ1) is 34.5. The van der Waals surface area contributed by atoms with Crippen molar-refractivity contribution in [1.82, 2.24) is 4.90 Å². The van der Waals surface area contributed by atoms with E-state index in [0.29, 0.717) is 72.2 Å². The van der Waals surface area contributed by atoms with Crippen molar-refractivity contribution in [3.8, 4) is 11.5 Å². The van der Waals surface area contributed by atoms with E-state index in [1.165, 1.54) is 11.3 Å². The van der Waals surface area contributed by atoms with Crippen molar-refractivity contribution in [3.05, 3.63) is 52.6 Å². The van der Waals surface area contributed by atoms with Crippen molar-refractivity contribution < 1.29 is 23.9 Å². The molecule has 0 aliphatic rings. The van der Waals surface area contributed by atoms with Crippen LogP contribution in [0.25, 0.3) is 0 Å². The van der Waals surface area contributed by atoms with Crippen LogP contribution >= 0.6 is 23.4 Å². The van der Waals surface area contributed by atoms with Crippen LogP contribution < -0.4 is 14.8 Å². The quantitative estimate of drug-likeness (QED) is 0.101. The van der Waals surface area contributed by atoms with Gasteiger partial charge in [0.15, 0.2) is 11.5 Å². The van der Waals surface area contributed by atoms with Gasteiger partial charge in [-0.15, -0.1) is 11.6 Å². The molecule has 0 spiro atoms. The lowest BCUT2D eigenvalue weighted by Gasteiger charge is -2.29. The van der Waals surface area contributed by atoms with Gasteiger partial charge in [0.05, 0.1) is 19.8 Å². The topological polar surface area (TPSA) is 84.9 Å². The van der Waals surface area contributed by atoms with Crippen LogP contribution in [0.2, 0.25) is 0 Å². The lowest BCUT2D eigenvalue weighted by atomic mass is 9.93. The molecule has 0 aliphatic heterocycles. The Kier molecular flexibility index (Phi) is 15.7. The standard InChI is InChI=1S/C32H45ClN2O5S/c1-6-8-9-10-11-13-24-15-17-26(34-30(37)14-12-19-33)23(3)31(24)32(38)35(22-36)27(21-41-5)25-16-18-28(39-4)29(20-25)40-7-2/h15-18,20,22,27H,6-14,19,21H2,1-5H3,(H,34,37). The summed E-state index contributed by atoms with van der Waals surface area (Å²) in [6.45, 7) is 6.35. The van der Waals surface area contributed by atoms with Crippen molar-refractivity contribution in [2.24, 2.45) is 0 Å². The number of hydrogen-bond acceptors (Lipinski definition) is 6. The summed E-state index contributed by atoms with van der Waals surface area (Å²) in [4.78, 5) is 40.7. The van der Waals surface area contributed by atoms with Gasteiger partial charge in [-0.25, -0.2) is 0 Å². The number of rotatable bonds is 19. The van der Waals surface area contributed by atoms with Crippen LogP contribution in [0.4, 0.5) is 5.69 Å². The number of benzene rings is 2. The molecule has 1 N–H and O–H groups in total. The normalized spacial score (nSPS) is 11.6. The van der Waals surface area contributed by atoms with Crippen LogP contribution in [0.5, 0.6) is 11.5 Å². The molecule has 2 aromatic carbocycles. The van der Waals surface area contributed by atoms with Crippen LogP contribution in [0.15, 0.2) is 30.3 Å². The maximum absolute atomic E-state index is 14.3. The molecule has 1 unspecified atom stereocenters. The summed E-state index contributed by atoms with van der Waals surface area (Å²) >= 11 is 7.31. The van der Waals surface area contributed by atoms with Gasteiger partial charge >= 0.3 is 0 Å². The van der Waals surface area contributed by atoms with Crippen molar-refractivity contribution in [3.63, 3.8) is 0 Å². The summed E-state index contributed by atoms with van der Waals surface area (Å²) in [5.74, 6) is 1.50. The van der Waals surface area contributed by atoms with Gasteiger partial charge in [-0.3, -0.25) is 19.3 Å². The Morgan fingerprint density at radius 2 is 1.83 bits per heavy atom. The predicted molar refractivity (Wildman–Crippen MR) is 170 cm³/mol. The average molecular weight is 605 g/mol. The molecule has 0 aromatic heterocycles. The summed E-state index contributed by atoms with van der Waals surface area (Å²) < 4.78 is 11.2. The number of aryl methyl sites for hydroxylation is 1. The Balaban J connectivity index is 2.54. The molecule has 0 aliphatic carbocycles. The summed E-state index contributed by atoms with van der Waals surface area (Å²) in [6.07, 6.45) is 9.61. The minimum absolute atomic E-state index is 0.159. The molecule has 41 heavy (non-hydrogen) atoms. The lowest BCUT2D eigenvalue weighted by molar-refractivity contribution is -0.117. The van der Waals surface area contributed by atoms with E-state index in [1.54, 1.807) is 24.9 Å². The van der Waals surface area contributed by atoms with Crippen LogP contribution in [-0.2, 0) is 16.0 Å². The smallest absolute Gasteiger partial charge is 0.261 e. The van der Waals surface area contributed by atoms with Crippen molar-refractivity contribution in [2.45, 2.75) is 78.2 Å². The van der Waals surface area contributed by atoms with E-state index >= 15 is 0 Å². The Hall–Kier alpha value is -2.71. The van der Waals surface area contributed by atoms with E-state index in [2.05, 4.69) is 12.2 Å². The molecular formula is C32H45ClN2O5S. The van der Waals surface area contributed by atoms with Crippen LogP contribution in [0, 0.1) is 6.92 Å². The predicted octanol–water partition coefficient (Wildman–Crippen LogP) is 7.58. The molecule has 2 aromatic rings. The Morgan fingerprint density at radius 3 is 2.46 bits per heavy atom. The molecule has 0 fully saturated rings. The van der Waals surface area contributed by atoms with Gasteiger partial charge in [-0.05, 0) is 74.3 Å². The third kappa shape index (κ3) is 9.96. The summed E-state index contributed by atoms with van der Waals surface area (Å²) in [5, 5.41) is 2.94. The minimum Gasteiger partial charge on any atom is -0.493 e. The minimum atomic E-state index is -0.529. The first-order valence-electron chi connectivity index (χ1n) is 14.4. The third-order valence-electron chi connectivity index (χ3n) is 7.01. The Morgan fingerprint density at radius 1 is 1.07 bits per heavy atom. The van der Waals surface area contributed by atoms with E-state index in [4.69, 9.17) is 21.1 Å². The zero-order valence-corrected chi connectivity index (χ0v) is 26.7. The van der Waals surface area contributed by atoms with Crippen LogP contribution in [0.1, 0.15) is 91.9 Å². The van der Waals surface area contributed by atoms with E-state index < -0.39 is 6.04 Å². The molecule has 9 heteroatoms. The van der Waals surface area contributed by atoms with Gasteiger partial charge < -0.3 is 14.8 Å². The zero-order valence-electron chi connectivity index (χ0n) is 25.1. The van der Waals surface area contributed by atoms with E-state index in [1.807, 2.05) is 44.4 Å². The summed E-state index contributed by atoms with van der Waals surface area (Å²) in [7, 11) is 1.58. The van der Waals surface area contributed by atoms with E-state index in [0.717, 1.165) is 36.8 Å². The highest BCUT2D eigenvalue weighted by Crippen LogP contribution is 2.35. The van der Waals surface area contributed by atoms with Gasteiger partial charge in [0, 0.05) is 29.3 Å². The molecular weight excluding hydrogens is 560 g/mol. The number of hydrogen-bond donors (Lipinski definition) is 1. The molecule has 0 saturated heterocycles. The number of carbonyl (C=O) groups excluding carboxylic acids is 3. The van der Waals surface area contributed by atoms with E-state index in [-0.39, 0.29) is 11.8 Å². The highest BCUT2D eigenvalue weighted by molar-refractivity contribution is 7.98. The average Bonchev–Trinajstić information content (AvgIpc) is 2.97. The number of unbranched alkanes of at least 4 members (excludes halogenated alkanes) is 4. The number of thioether (sulfide) groups is 1. The van der Waals surface area contributed by atoms with Crippen molar-refractivity contribution >= 4 is 47.3 Å². The SMILES string of the molecule is CCCCCCCc1ccc(NC(=O)CCCCl)c(C)c1C(=O)N(C=O)C(CSC)c1ccc(OC)c(OCC)c1. The number of methoxy groups -OCH3 is 1. The second-order valence-electron chi connectivity index (χ2n) is 9.91. The highest BCUT2D eigenvalue weighted by atomic mass is 35.5. The molecule has 7 nitrogen and oxygen atoms in total. The Bertz CT molecular complexity index is 1140. The highest BCUT2D eigenvalue weighted by Gasteiger charge is 2.30. The van der Waals surface area contributed by atoms with Gasteiger partial charge in [0.25, 0.3) is 5.91 Å². The van der Waals surface area contributed by atoms with Gasteiger partial charge in [-0.1, -0.05) is 44.7 Å². The molecule has 3 amide bonds. The summed E-state index contributed by atoms with van der Waals surface area (Å²) in [6, 6.07) is 8.73. The largest absolute Gasteiger partial charge is 0.493 e. The number of imide groups is 1. The van der Waals surface area contributed by atoms with Crippen LogP contribution in [-0.4, -0.2) is 54.7 Å². The number of halogens is 1. The summed E-state index contributed by atoms with van der Waals surface area (Å²) in [5.41, 5.74) is 3.33. The molecule has 0 heterocycles. The number of amides is 3. The van der Waals surface area contributed by atoms with Crippen molar-refractivity contribution in [2.75, 3.05) is 36.9 Å². The van der Waals surface area contributed by atoms with Gasteiger partial charge in [0.1, 0.15) is 0 Å². The lowest BCUT2D eigenvalue weighted by Crippen LogP contribution is -2.36. The maximum atomic E-state index is 14.3. The van der Waals surface area contributed by atoms with Gasteiger partial charge in [0.2, 0.25) is 12.3 Å². The number of nitrogens with one attached hydrogen (secondary N) is 1. The molecule has 2 rings (SSSR count). The molecule has 0 saturated carbocycles. The number of carbonyl (C=O) groups is 3. The maximum Gasteiger partial charge on any atom is 0.261 e. The molecule has 226 valence electrons. The van der Waals surface area contributed by atoms with Crippen molar-refractivity contribution in [1.29, 1.82) is 0 Å². The first-order chi connectivity index (χ1) is 19.9. The first-order valence-corrected chi connectivity index (χ1v) is 16.3. The van der Waals surface area contributed by atoms with Crippen LogP contribution in [0.3, 0.4) is 0 Å². The van der Waals surface area contributed by atoms with Gasteiger partial charge in [-0.2, -0.15) is 11.8 Å². The molecule has 1 atom stereocenters. The molecule has 0 bridgehead atoms.